The fourth-order valence-corrected chi connectivity index (χ4v) is 2.63. The molecule has 0 amide bonds. The van der Waals surface area contributed by atoms with E-state index in [2.05, 4.69) is 4.90 Å². The van der Waals surface area contributed by atoms with Gasteiger partial charge in [0, 0.05) is 31.0 Å². The first kappa shape index (κ1) is 14.0. The van der Waals surface area contributed by atoms with Gasteiger partial charge in [-0.15, -0.1) is 0 Å². The van der Waals surface area contributed by atoms with Crippen LogP contribution in [0.2, 0.25) is 0 Å². The minimum absolute atomic E-state index is 0.247. The molecule has 1 aliphatic carbocycles. The van der Waals surface area contributed by atoms with Crippen LogP contribution in [0.25, 0.3) is 0 Å². The molecule has 0 heterocycles. The number of rotatable bonds is 4. The zero-order valence-electron chi connectivity index (χ0n) is 11.5. The van der Waals surface area contributed by atoms with Gasteiger partial charge in [-0.1, -0.05) is 0 Å². The molecule has 19 heavy (non-hydrogen) atoms. The molecule has 1 fully saturated rings. The van der Waals surface area contributed by atoms with Crippen molar-refractivity contribution in [2.24, 2.45) is 0 Å². The lowest BCUT2D eigenvalue weighted by Gasteiger charge is -2.31. The predicted octanol–water partition coefficient (Wildman–Crippen LogP) is 2.78. The van der Waals surface area contributed by atoms with E-state index in [1.54, 1.807) is 13.2 Å². The third kappa shape index (κ3) is 3.53. The van der Waals surface area contributed by atoms with E-state index in [1.165, 1.54) is 12.1 Å². The first-order chi connectivity index (χ1) is 9.10. The second kappa shape index (κ2) is 6.15. The van der Waals surface area contributed by atoms with Gasteiger partial charge in [-0.25, -0.2) is 4.39 Å². The number of carbonyl (C=O) groups excluding carboxylic acids is 1. The second-order valence-electron chi connectivity index (χ2n) is 5.14. The van der Waals surface area contributed by atoms with E-state index in [4.69, 9.17) is 4.74 Å². The summed E-state index contributed by atoms with van der Waals surface area (Å²) in [6.45, 7) is 0.639. The first-order valence-electron chi connectivity index (χ1n) is 6.64. The second-order valence-corrected chi connectivity index (χ2v) is 5.14. The fraction of sp³-hybridized carbons (Fsp3) is 0.533. The number of halogens is 1. The third-order valence-corrected chi connectivity index (χ3v) is 3.80. The summed E-state index contributed by atoms with van der Waals surface area (Å²) in [5, 5.41) is 0. The Hall–Kier alpha value is -1.42. The van der Waals surface area contributed by atoms with Crippen molar-refractivity contribution in [1.29, 1.82) is 0 Å². The predicted molar refractivity (Wildman–Crippen MR) is 71.7 cm³/mol. The van der Waals surface area contributed by atoms with Crippen molar-refractivity contribution < 1.29 is 13.9 Å². The van der Waals surface area contributed by atoms with Crippen LogP contribution in [0.4, 0.5) is 4.39 Å². The average Bonchev–Trinajstić information content (AvgIpc) is 2.39. The molecule has 4 heteroatoms. The van der Waals surface area contributed by atoms with Gasteiger partial charge < -0.3 is 4.74 Å². The fourth-order valence-electron chi connectivity index (χ4n) is 2.63. The van der Waals surface area contributed by atoms with Crippen LogP contribution in [0.5, 0.6) is 5.75 Å². The number of ketones is 1. The molecular formula is C15H20FNO2. The molecule has 2 rings (SSSR count). The summed E-state index contributed by atoms with van der Waals surface area (Å²) in [6, 6.07) is 4.97. The maximum Gasteiger partial charge on any atom is 0.133 e. The molecule has 0 saturated heterocycles. The zero-order chi connectivity index (χ0) is 13.8. The SMILES string of the molecule is COc1ccc(F)cc1CN(C)C1CCC(=O)CC1. The van der Waals surface area contributed by atoms with Crippen LogP contribution in [0.3, 0.4) is 0 Å². The van der Waals surface area contributed by atoms with E-state index < -0.39 is 0 Å². The van der Waals surface area contributed by atoms with Crippen LogP contribution in [0.15, 0.2) is 18.2 Å². The summed E-state index contributed by atoms with van der Waals surface area (Å²) in [4.78, 5) is 13.4. The maximum atomic E-state index is 13.3. The molecular weight excluding hydrogens is 245 g/mol. The molecule has 0 radical (unpaired) electrons. The first-order valence-corrected chi connectivity index (χ1v) is 6.64. The van der Waals surface area contributed by atoms with Gasteiger partial charge in [0.25, 0.3) is 0 Å². The molecule has 0 bridgehead atoms. The van der Waals surface area contributed by atoms with Crippen LogP contribution in [-0.4, -0.2) is 30.9 Å². The number of hydrogen-bond donors (Lipinski definition) is 0. The zero-order valence-corrected chi connectivity index (χ0v) is 11.5. The van der Waals surface area contributed by atoms with E-state index in [0.717, 1.165) is 18.4 Å². The summed E-state index contributed by atoms with van der Waals surface area (Å²) in [7, 11) is 3.61. The Labute approximate surface area is 113 Å². The Morgan fingerprint density at radius 1 is 1.37 bits per heavy atom. The van der Waals surface area contributed by atoms with E-state index in [1.807, 2.05) is 7.05 Å². The molecule has 3 nitrogen and oxygen atoms in total. The smallest absolute Gasteiger partial charge is 0.133 e. The number of ether oxygens (including phenoxy) is 1. The number of methoxy groups -OCH3 is 1. The lowest BCUT2D eigenvalue weighted by molar-refractivity contribution is -0.121. The van der Waals surface area contributed by atoms with Crippen LogP contribution >= 0.6 is 0 Å². The summed E-state index contributed by atoms with van der Waals surface area (Å²) in [5.74, 6) is 0.816. The molecule has 0 atom stereocenters. The lowest BCUT2D eigenvalue weighted by atomic mass is 9.93. The van der Waals surface area contributed by atoms with Crippen LogP contribution in [0.1, 0.15) is 31.2 Å². The minimum Gasteiger partial charge on any atom is -0.496 e. The van der Waals surface area contributed by atoms with Gasteiger partial charge >= 0.3 is 0 Å². The van der Waals surface area contributed by atoms with E-state index >= 15 is 0 Å². The number of nitrogens with zero attached hydrogens (tertiary/aromatic N) is 1. The Kier molecular flexibility index (Phi) is 4.53. The molecule has 0 aromatic heterocycles. The number of hydrogen-bond acceptors (Lipinski definition) is 3. The highest BCUT2D eigenvalue weighted by Gasteiger charge is 2.22. The van der Waals surface area contributed by atoms with Gasteiger partial charge in [0.05, 0.1) is 7.11 Å². The Morgan fingerprint density at radius 3 is 2.68 bits per heavy atom. The number of carbonyl (C=O) groups is 1. The Bertz CT molecular complexity index is 451. The van der Waals surface area contributed by atoms with Crippen molar-refractivity contribution in [2.75, 3.05) is 14.2 Å². The summed E-state index contributed by atoms with van der Waals surface area (Å²) in [5.41, 5.74) is 0.849. The largest absolute Gasteiger partial charge is 0.496 e. The maximum absolute atomic E-state index is 13.3. The van der Waals surface area contributed by atoms with Gasteiger partial charge in [-0.3, -0.25) is 9.69 Å². The minimum atomic E-state index is -0.247. The van der Waals surface area contributed by atoms with Gasteiger partial charge in [-0.2, -0.15) is 0 Å². The molecule has 0 aliphatic heterocycles. The van der Waals surface area contributed by atoms with Crippen LogP contribution < -0.4 is 4.74 Å². The van der Waals surface area contributed by atoms with E-state index in [0.29, 0.717) is 37.0 Å². The van der Waals surface area contributed by atoms with Crippen molar-refractivity contribution >= 4 is 5.78 Å². The number of benzene rings is 1. The van der Waals surface area contributed by atoms with Crippen molar-refractivity contribution in [3.8, 4) is 5.75 Å². The molecule has 0 unspecified atom stereocenters. The average molecular weight is 265 g/mol. The van der Waals surface area contributed by atoms with Crippen LogP contribution in [0, 0.1) is 5.82 Å². The highest BCUT2D eigenvalue weighted by molar-refractivity contribution is 5.79. The van der Waals surface area contributed by atoms with Crippen LogP contribution in [-0.2, 0) is 11.3 Å². The topological polar surface area (TPSA) is 29.5 Å². The van der Waals surface area contributed by atoms with Crippen molar-refractivity contribution in [3.05, 3.63) is 29.6 Å². The molecule has 0 N–H and O–H groups in total. The van der Waals surface area contributed by atoms with Gasteiger partial charge in [0.15, 0.2) is 0 Å². The standard InChI is InChI=1S/C15H20FNO2/c1-17(13-4-6-14(18)7-5-13)10-11-9-12(16)3-8-15(11)19-2/h3,8-9,13H,4-7,10H2,1-2H3. The van der Waals surface area contributed by atoms with E-state index in [-0.39, 0.29) is 5.82 Å². The summed E-state index contributed by atoms with van der Waals surface area (Å²) < 4.78 is 18.6. The highest BCUT2D eigenvalue weighted by Crippen LogP contribution is 2.25. The number of Topliss-reactive ketones (excluding diaryl/α,β-unsaturated/α-hetero) is 1. The quantitative estimate of drug-likeness (QED) is 0.838. The molecule has 1 aromatic rings. The summed E-state index contributed by atoms with van der Waals surface area (Å²) >= 11 is 0. The Balaban J connectivity index is 2.03. The normalized spacial score (nSPS) is 16.9. The molecule has 104 valence electrons. The van der Waals surface area contributed by atoms with Gasteiger partial charge in [-0.05, 0) is 38.1 Å². The van der Waals surface area contributed by atoms with Gasteiger partial charge in [0.1, 0.15) is 17.3 Å². The molecule has 1 aliphatic rings. The van der Waals surface area contributed by atoms with Crippen molar-refractivity contribution in [1.82, 2.24) is 4.90 Å². The van der Waals surface area contributed by atoms with Gasteiger partial charge in [0.2, 0.25) is 0 Å². The lowest BCUT2D eigenvalue weighted by Crippen LogP contribution is -2.34. The van der Waals surface area contributed by atoms with Crippen molar-refractivity contribution in [3.63, 3.8) is 0 Å². The third-order valence-electron chi connectivity index (χ3n) is 3.80. The van der Waals surface area contributed by atoms with Crippen molar-refractivity contribution in [2.45, 2.75) is 38.3 Å². The molecule has 0 spiro atoms. The highest BCUT2D eigenvalue weighted by atomic mass is 19.1. The molecule has 1 aromatic carbocycles. The summed E-state index contributed by atoms with van der Waals surface area (Å²) in [6.07, 6.45) is 3.12. The molecule has 1 saturated carbocycles. The Morgan fingerprint density at radius 2 is 2.05 bits per heavy atom. The van der Waals surface area contributed by atoms with E-state index in [9.17, 15) is 9.18 Å². The monoisotopic (exact) mass is 265 g/mol.